The van der Waals surface area contributed by atoms with Crippen molar-refractivity contribution in [1.29, 1.82) is 0 Å². The minimum atomic E-state index is 1.01. The molecule has 1 rings (SSSR count). The van der Waals surface area contributed by atoms with E-state index < -0.39 is 0 Å². The smallest absolute Gasteiger partial charge is 0.119 e. The summed E-state index contributed by atoms with van der Waals surface area (Å²) in [7, 11) is 0. The number of hydrogen-bond donors (Lipinski definition) is 0. The van der Waals surface area contributed by atoms with Gasteiger partial charge in [-0.3, -0.25) is 0 Å². The molecule has 0 aromatic heterocycles. The van der Waals surface area contributed by atoms with Gasteiger partial charge in [-0.15, -0.1) is 0 Å². The number of rotatable bonds is 16. The molecule has 2 nitrogen and oxygen atoms in total. The maximum atomic E-state index is 5.36. The fraction of sp³-hybridized carbons (Fsp3) is 0.810. The van der Waals surface area contributed by atoms with Gasteiger partial charge in [0.2, 0.25) is 0 Å². The summed E-state index contributed by atoms with van der Waals surface area (Å²) >= 11 is 0. The molecular formula is C21H39NO. The first-order valence-electron chi connectivity index (χ1n) is 10.2. The van der Waals surface area contributed by atoms with E-state index in [-0.39, 0.29) is 0 Å². The first-order valence-corrected chi connectivity index (χ1v) is 10.2. The number of allylic oxidation sites excluding steroid dienone is 2. The SMILES string of the molecule is CCCCCCCCCCCCCCCCCN1C=CC=CO1. The molecule has 0 fully saturated rings. The minimum Gasteiger partial charge on any atom is -0.388 e. The van der Waals surface area contributed by atoms with Gasteiger partial charge in [-0.05, 0) is 18.6 Å². The molecular weight excluding hydrogens is 282 g/mol. The van der Waals surface area contributed by atoms with Crippen LogP contribution in [-0.4, -0.2) is 11.6 Å². The zero-order valence-corrected chi connectivity index (χ0v) is 15.5. The van der Waals surface area contributed by atoms with Gasteiger partial charge in [0.05, 0.1) is 6.54 Å². The molecule has 0 aromatic rings. The normalized spacial score (nSPS) is 13.5. The maximum Gasteiger partial charge on any atom is 0.119 e. The van der Waals surface area contributed by atoms with Crippen molar-refractivity contribution in [1.82, 2.24) is 5.06 Å². The first-order chi connectivity index (χ1) is 11.4. The fourth-order valence-electron chi connectivity index (χ4n) is 3.11. The quantitative estimate of drug-likeness (QED) is 0.280. The van der Waals surface area contributed by atoms with Gasteiger partial charge >= 0.3 is 0 Å². The maximum absolute atomic E-state index is 5.36. The average Bonchev–Trinajstić information content (AvgIpc) is 2.59. The number of nitrogens with zero attached hydrogens (tertiary/aromatic N) is 1. The molecule has 2 heteroatoms. The molecule has 0 saturated heterocycles. The summed E-state index contributed by atoms with van der Waals surface area (Å²) in [6, 6.07) is 0. The van der Waals surface area contributed by atoms with Crippen LogP contribution in [0.4, 0.5) is 0 Å². The van der Waals surface area contributed by atoms with E-state index in [0.29, 0.717) is 0 Å². The standard InChI is InChI=1S/C21H39NO/c1-2-3-4-5-6-7-8-9-10-11-12-13-14-15-16-19-22-20-17-18-21-23-22/h17-18,20-21H,2-16,19H2,1H3. The van der Waals surface area contributed by atoms with Gasteiger partial charge in [-0.1, -0.05) is 96.8 Å². The first kappa shape index (κ1) is 20.1. The van der Waals surface area contributed by atoms with Crippen molar-refractivity contribution < 1.29 is 4.84 Å². The van der Waals surface area contributed by atoms with Gasteiger partial charge in [0, 0.05) is 6.20 Å². The summed E-state index contributed by atoms with van der Waals surface area (Å²) in [5, 5.41) is 1.92. The molecule has 0 radical (unpaired) electrons. The number of unbranched alkanes of at least 4 members (excludes halogenated alkanes) is 14. The molecule has 0 N–H and O–H groups in total. The van der Waals surface area contributed by atoms with Gasteiger partial charge < -0.3 is 4.84 Å². The Kier molecular flexibility index (Phi) is 14.0. The summed E-state index contributed by atoms with van der Waals surface area (Å²) in [6.07, 6.45) is 28.9. The zero-order valence-electron chi connectivity index (χ0n) is 15.5. The fourth-order valence-corrected chi connectivity index (χ4v) is 3.11. The largest absolute Gasteiger partial charge is 0.388 e. The van der Waals surface area contributed by atoms with Crippen LogP contribution in [0.2, 0.25) is 0 Å². The molecule has 0 bridgehead atoms. The summed E-state index contributed by atoms with van der Waals surface area (Å²) in [6.45, 7) is 3.30. The highest BCUT2D eigenvalue weighted by Crippen LogP contribution is 2.13. The molecule has 1 aliphatic heterocycles. The molecule has 0 aliphatic carbocycles. The highest BCUT2D eigenvalue weighted by molar-refractivity contribution is 5.01. The van der Waals surface area contributed by atoms with Crippen molar-refractivity contribution in [3.8, 4) is 0 Å². The van der Waals surface area contributed by atoms with Gasteiger partial charge in [0.25, 0.3) is 0 Å². The van der Waals surface area contributed by atoms with Crippen LogP contribution in [0, 0.1) is 0 Å². The molecule has 0 aromatic carbocycles. The second kappa shape index (κ2) is 16.0. The van der Waals surface area contributed by atoms with E-state index in [1.165, 1.54) is 96.3 Å². The average molecular weight is 322 g/mol. The third-order valence-electron chi connectivity index (χ3n) is 4.62. The third-order valence-corrected chi connectivity index (χ3v) is 4.62. The van der Waals surface area contributed by atoms with E-state index in [9.17, 15) is 0 Å². The van der Waals surface area contributed by atoms with E-state index >= 15 is 0 Å². The Labute approximate surface area is 144 Å². The van der Waals surface area contributed by atoms with Crippen LogP contribution < -0.4 is 0 Å². The topological polar surface area (TPSA) is 12.5 Å². The summed E-state index contributed by atoms with van der Waals surface area (Å²) in [4.78, 5) is 5.36. The monoisotopic (exact) mass is 321 g/mol. The lowest BCUT2D eigenvalue weighted by molar-refractivity contribution is -0.0604. The highest BCUT2D eigenvalue weighted by atomic mass is 16.7. The van der Waals surface area contributed by atoms with Crippen molar-refractivity contribution in [3.05, 3.63) is 24.6 Å². The second-order valence-electron chi connectivity index (χ2n) is 6.87. The van der Waals surface area contributed by atoms with E-state index in [4.69, 9.17) is 4.84 Å². The van der Waals surface area contributed by atoms with Crippen molar-refractivity contribution in [2.24, 2.45) is 0 Å². The van der Waals surface area contributed by atoms with Gasteiger partial charge in [-0.25, -0.2) is 5.06 Å². The van der Waals surface area contributed by atoms with Crippen molar-refractivity contribution >= 4 is 0 Å². The van der Waals surface area contributed by atoms with Crippen LogP contribution in [0.5, 0.6) is 0 Å². The molecule has 0 saturated carbocycles. The van der Waals surface area contributed by atoms with Crippen molar-refractivity contribution in [2.75, 3.05) is 6.54 Å². The van der Waals surface area contributed by atoms with Crippen LogP contribution in [0.3, 0.4) is 0 Å². The Morgan fingerprint density at radius 1 is 0.609 bits per heavy atom. The molecule has 0 spiro atoms. The van der Waals surface area contributed by atoms with Crippen LogP contribution in [-0.2, 0) is 4.84 Å². The molecule has 134 valence electrons. The second-order valence-corrected chi connectivity index (χ2v) is 6.87. The molecule has 0 atom stereocenters. The predicted octanol–water partition coefficient (Wildman–Crippen LogP) is 7.13. The third kappa shape index (κ3) is 13.2. The Bertz CT molecular complexity index is 298. The van der Waals surface area contributed by atoms with Crippen LogP contribution in [0.15, 0.2) is 24.6 Å². The zero-order chi connectivity index (χ0) is 16.4. The van der Waals surface area contributed by atoms with E-state index in [2.05, 4.69) is 6.92 Å². The minimum absolute atomic E-state index is 1.01. The van der Waals surface area contributed by atoms with Crippen LogP contribution in [0.1, 0.15) is 103 Å². The van der Waals surface area contributed by atoms with Crippen molar-refractivity contribution in [2.45, 2.75) is 103 Å². The van der Waals surface area contributed by atoms with E-state index in [0.717, 1.165) is 6.54 Å². The highest BCUT2D eigenvalue weighted by Gasteiger charge is 2.00. The Hall–Kier alpha value is -0.920. The van der Waals surface area contributed by atoms with Gasteiger partial charge in [-0.2, -0.15) is 0 Å². The van der Waals surface area contributed by atoms with Crippen molar-refractivity contribution in [3.63, 3.8) is 0 Å². The summed E-state index contributed by atoms with van der Waals surface area (Å²) in [5.74, 6) is 0. The lowest BCUT2D eigenvalue weighted by Gasteiger charge is -2.19. The number of hydrogen-bond acceptors (Lipinski definition) is 2. The van der Waals surface area contributed by atoms with Gasteiger partial charge in [0.15, 0.2) is 0 Å². The van der Waals surface area contributed by atoms with Crippen LogP contribution in [0.25, 0.3) is 0 Å². The molecule has 23 heavy (non-hydrogen) atoms. The molecule has 1 heterocycles. The molecule has 0 amide bonds. The summed E-state index contributed by atoms with van der Waals surface area (Å²) in [5.41, 5.74) is 0. The van der Waals surface area contributed by atoms with E-state index in [1.807, 2.05) is 23.4 Å². The molecule has 1 aliphatic rings. The molecule has 0 unspecified atom stereocenters. The lowest BCUT2D eigenvalue weighted by atomic mass is 10.0. The Balaban J connectivity index is 1.68. The predicted molar refractivity (Wildman–Crippen MR) is 101 cm³/mol. The Morgan fingerprint density at radius 2 is 1.09 bits per heavy atom. The Morgan fingerprint density at radius 3 is 1.52 bits per heavy atom. The lowest BCUT2D eigenvalue weighted by Crippen LogP contribution is -2.17. The number of hydroxylamine groups is 2. The summed E-state index contributed by atoms with van der Waals surface area (Å²) < 4.78 is 0. The van der Waals surface area contributed by atoms with Gasteiger partial charge in [0.1, 0.15) is 6.26 Å². The van der Waals surface area contributed by atoms with Crippen LogP contribution >= 0.6 is 0 Å². The van der Waals surface area contributed by atoms with E-state index in [1.54, 1.807) is 6.26 Å².